The Bertz CT molecular complexity index is 948. The van der Waals surface area contributed by atoms with Crippen LogP contribution in [-0.4, -0.2) is 21.5 Å². The number of H-pyrrole nitrogens is 1. The van der Waals surface area contributed by atoms with Crippen LogP contribution in [0.15, 0.2) is 29.1 Å². The molecule has 1 heterocycles. The van der Waals surface area contributed by atoms with Gasteiger partial charge in [-0.05, 0) is 68.3 Å². The van der Waals surface area contributed by atoms with Crippen LogP contribution in [-0.2, 0) is 11.3 Å². The molecule has 6 heteroatoms. The Morgan fingerprint density at radius 1 is 1.35 bits per heavy atom. The number of carbonyl (C=O) groups is 1. The molecule has 2 fully saturated rings. The summed E-state index contributed by atoms with van der Waals surface area (Å²) in [6.45, 7) is 2.42. The van der Waals surface area contributed by atoms with Gasteiger partial charge in [-0.2, -0.15) is 0 Å². The van der Waals surface area contributed by atoms with Crippen LogP contribution >= 0.6 is 12.2 Å². The first-order valence-corrected chi connectivity index (χ1v) is 9.95. The SMILES string of the molecule is CC(NC(=O)CCn1c(=S)[nH]c2ccccc2c1=O)C1CC2CCC1C2. The zero-order chi connectivity index (χ0) is 18.3. The Balaban J connectivity index is 1.41. The molecule has 2 aliphatic rings. The number of hydrogen-bond acceptors (Lipinski definition) is 3. The van der Waals surface area contributed by atoms with Gasteiger partial charge in [0, 0.05) is 19.0 Å². The quantitative estimate of drug-likeness (QED) is 0.792. The van der Waals surface area contributed by atoms with E-state index in [1.54, 1.807) is 6.07 Å². The second-order valence-corrected chi connectivity index (χ2v) is 8.26. The first kappa shape index (κ1) is 17.5. The molecule has 4 atom stereocenters. The Morgan fingerprint density at radius 3 is 2.88 bits per heavy atom. The van der Waals surface area contributed by atoms with Crippen molar-refractivity contribution in [1.29, 1.82) is 0 Å². The van der Waals surface area contributed by atoms with Crippen molar-refractivity contribution in [2.24, 2.45) is 17.8 Å². The van der Waals surface area contributed by atoms with Crippen molar-refractivity contribution in [3.05, 3.63) is 39.4 Å². The number of benzene rings is 1. The normalized spacial score (nSPS) is 25.5. The van der Waals surface area contributed by atoms with Gasteiger partial charge in [-0.3, -0.25) is 14.2 Å². The molecule has 2 aliphatic carbocycles. The number of amides is 1. The number of nitrogens with one attached hydrogen (secondary N) is 2. The molecule has 0 radical (unpaired) electrons. The molecule has 4 unspecified atom stereocenters. The highest BCUT2D eigenvalue weighted by atomic mass is 32.1. The Kier molecular flexibility index (Phi) is 4.69. The third-order valence-corrected chi connectivity index (χ3v) is 6.60. The summed E-state index contributed by atoms with van der Waals surface area (Å²) < 4.78 is 1.85. The monoisotopic (exact) mass is 371 g/mol. The van der Waals surface area contributed by atoms with Crippen LogP contribution < -0.4 is 10.9 Å². The van der Waals surface area contributed by atoms with E-state index >= 15 is 0 Å². The van der Waals surface area contributed by atoms with Crippen molar-refractivity contribution < 1.29 is 4.79 Å². The fraction of sp³-hybridized carbons (Fsp3) is 0.550. The average molecular weight is 372 g/mol. The van der Waals surface area contributed by atoms with Crippen molar-refractivity contribution in [2.45, 2.75) is 51.6 Å². The van der Waals surface area contributed by atoms with Crippen LogP contribution in [0.4, 0.5) is 0 Å². The molecule has 5 nitrogen and oxygen atoms in total. The van der Waals surface area contributed by atoms with Gasteiger partial charge in [-0.1, -0.05) is 18.6 Å². The summed E-state index contributed by atoms with van der Waals surface area (Å²) in [7, 11) is 0. The average Bonchev–Trinajstić information content (AvgIpc) is 3.25. The van der Waals surface area contributed by atoms with Crippen molar-refractivity contribution >= 4 is 29.0 Å². The van der Waals surface area contributed by atoms with Gasteiger partial charge in [0.15, 0.2) is 4.77 Å². The van der Waals surface area contributed by atoms with Crippen LogP contribution in [0.5, 0.6) is 0 Å². The second-order valence-electron chi connectivity index (χ2n) is 7.88. The lowest BCUT2D eigenvalue weighted by Gasteiger charge is -2.28. The van der Waals surface area contributed by atoms with Gasteiger partial charge < -0.3 is 10.3 Å². The molecule has 138 valence electrons. The number of fused-ring (bicyclic) bond motifs is 3. The van der Waals surface area contributed by atoms with E-state index in [0.717, 1.165) is 17.4 Å². The van der Waals surface area contributed by atoms with Crippen LogP contribution in [0.3, 0.4) is 0 Å². The lowest BCUT2D eigenvalue weighted by molar-refractivity contribution is -0.122. The van der Waals surface area contributed by atoms with Gasteiger partial charge >= 0.3 is 0 Å². The van der Waals surface area contributed by atoms with Crippen LogP contribution in [0.1, 0.15) is 39.0 Å². The molecule has 0 saturated heterocycles. The van der Waals surface area contributed by atoms with Crippen LogP contribution in [0.2, 0.25) is 0 Å². The molecule has 2 N–H and O–H groups in total. The number of nitrogens with zero attached hydrogens (tertiary/aromatic N) is 1. The number of rotatable bonds is 5. The van der Waals surface area contributed by atoms with E-state index in [4.69, 9.17) is 12.2 Å². The Labute approximate surface area is 157 Å². The van der Waals surface area contributed by atoms with Crippen LogP contribution in [0.25, 0.3) is 10.9 Å². The smallest absolute Gasteiger partial charge is 0.262 e. The van der Waals surface area contributed by atoms with E-state index in [1.807, 2.05) is 18.2 Å². The van der Waals surface area contributed by atoms with Gasteiger partial charge in [-0.25, -0.2) is 0 Å². The van der Waals surface area contributed by atoms with Crippen molar-refractivity contribution in [3.8, 4) is 0 Å². The molecule has 4 rings (SSSR count). The van der Waals surface area contributed by atoms with Gasteiger partial charge in [-0.15, -0.1) is 0 Å². The predicted octanol–water partition coefficient (Wildman–Crippen LogP) is 3.39. The first-order valence-electron chi connectivity index (χ1n) is 9.54. The van der Waals surface area contributed by atoms with Gasteiger partial charge in [0.05, 0.1) is 10.9 Å². The van der Waals surface area contributed by atoms with E-state index in [2.05, 4.69) is 17.2 Å². The first-order chi connectivity index (χ1) is 12.5. The number of aromatic amines is 1. The summed E-state index contributed by atoms with van der Waals surface area (Å²) in [6, 6.07) is 7.51. The second kappa shape index (κ2) is 6.99. The number of para-hydroxylation sites is 1. The summed E-state index contributed by atoms with van der Waals surface area (Å²) in [6.07, 6.45) is 5.54. The predicted molar refractivity (Wildman–Crippen MR) is 105 cm³/mol. The largest absolute Gasteiger partial charge is 0.353 e. The van der Waals surface area contributed by atoms with Gasteiger partial charge in [0.2, 0.25) is 5.91 Å². The highest BCUT2D eigenvalue weighted by Crippen LogP contribution is 2.49. The van der Waals surface area contributed by atoms with E-state index in [0.29, 0.717) is 22.6 Å². The molecular formula is C20H25N3O2S. The summed E-state index contributed by atoms with van der Waals surface area (Å²) in [5.41, 5.74) is 0.589. The number of hydrogen-bond donors (Lipinski definition) is 2. The van der Waals surface area contributed by atoms with E-state index in [9.17, 15) is 9.59 Å². The van der Waals surface area contributed by atoms with Gasteiger partial charge in [0.25, 0.3) is 5.56 Å². The molecule has 1 amide bonds. The van der Waals surface area contributed by atoms with Crippen molar-refractivity contribution in [1.82, 2.24) is 14.9 Å². The zero-order valence-corrected chi connectivity index (χ0v) is 15.8. The maximum atomic E-state index is 12.6. The highest BCUT2D eigenvalue weighted by Gasteiger charge is 2.42. The van der Waals surface area contributed by atoms with Crippen molar-refractivity contribution in [2.75, 3.05) is 0 Å². The third-order valence-electron chi connectivity index (χ3n) is 6.28. The van der Waals surface area contributed by atoms with Crippen molar-refractivity contribution in [3.63, 3.8) is 0 Å². The zero-order valence-electron chi connectivity index (χ0n) is 15.0. The highest BCUT2D eigenvalue weighted by molar-refractivity contribution is 7.71. The maximum Gasteiger partial charge on any atom is 0.262 e. The summed E-state index contributed by atoms with van der Waals surface area (Å²) in [4.78, 5) is 28.1. The van der Waals surface area contributed by atoms with E-state index in [1.165, 1.54) is 30.3 Å². The summed E-state index contributed by atoms with van der Waals surface area (Å²) in [5, 5.41) is 3.75. The molecule has 2 saturated carbocycles. The molecule has 0 aliphatic heterocycles. The molecular weight excluding hydrogens is 346 g/mol. The van der Waals surface area contributed by atoms with Crippen LogP contribution in [0, 0.1) is 22.5 Å². The third kappa shape index (κ3) is 3.22. The fourth-order valence-electron chi connectivity index (χ4n) is 4.95. The Hall–Kier alpha value is -1.95. The Morgan fingerprint density at radius 2 is 2.15 bits per heavy atom. The molecule has 0 spiro atoms. The molecule has 2 bridgehead atoms. The minimum Gasteiger partial charge on any atom is -0.353 e. The number of aromatic nitrogens is 2. The standard InChI is InChI=1S/C20H25N3O2S/c1-12(16-11-13-6-7-14(16)10-13)21-18(24)8-9-23-19(25)15-4-2-3-5-17(15)22-20(23)26/h2-5,12-14,16H,6-11H2,1H3,(H,21,24)(H,22,26). The number of carbonyl (C=O) groups excluding carboxylic acids is 1. The lowest BCUT2D eigenvalue weighted by Crippen LogP contribution is -2.40. The topological polar surface area (TPSA) is 66.9 Å². The summed E-state index contributed by atoms with van der Waals surface area (Å²) >= 11 is 5.31. The minimum absolute atomic E-state index is 0.00488. The van der Waals surface area contributed by atoms with E-state index < -0.39 is 0 Å². The van der Waals surface area contributed by atoms with Gasteiger partial charge in [0.1, 0.15) is 0 Å². The lowest BCUT2D eigenvalue weighted by atomic mass is 9.84. The molecule has 1 aromatic carbocycles. The maximum absolute atomic E-state index is 12.6. The minimum atomic E-state index is -0.140. The molecule has 2 aromatic rings. The fourth-order valence-corrected chi connectivity index (χ4v) is 5.24. The van der Waals surface area contributed by atoms with E-state index in [-0.39, 0.29) is 23.9 Å². The molecule has 1 aromatic heterocycles. The molecule has 26 heavy (non-hydrogen) atoms. The summed E-state index contributed by atoms with van der Waals surface area (Å²) in [5.74, 6) is 2.27.